The Balaban J connectivity index is 1.51. The highest BCUT2D eigenvalue weighted by molar-refractivity contribution is 5.74. The average molecular weight is 265 g/mol. The number of aromatic nitrogens is 1. The molecule has 19 heavy (non-hydrogen) atoms. The molecule has 2 amide bonds. The summed E-state index contributed by atoms with van der Waals surface area (Å²) >= 11 is 0. The monoisotopic (exact) mass is 265 g/mol. The van der Waals surface area contributed by atoms with Gasteiger partial charge in [0.2, 0.25) is 0 Å². The number of nitrogens with zero attached hydrogens (tertiary/aromatic N) is 1. The van der Waals surface area contributed by atoms with Gasteiger partial charge in [-0.05, 0) is 31.1 Å². The van der Waals surface area contributed by atoms with Gasteiger partial charge in [0, 0.05) is 24.6 Å². The Hall–Kier alpha value is -1.56. The molecule has 1 aromatic rings. The lowest BCUT2D eigenvalue weighted by Gasteiger charge is -2.30. The third kappa shape index (κ3) is 2.45. The van der Waals surface area contributed by atoms with Crippen molar-refractivity contribution in [2.45, 2.75) is 31.8 Å². The molecule has 3 rings (SSSR count). The molecule has 1 aromatic heterocycles. The molecular weight excluding hydrogens is 246 g/mol. The Labute approximate surface area is 111 Å². The molecule has 2 aliphatic rings. The molecule has 0 aromatic carbocycles. The van der Waals surface area contributed by atoms with Crippen molar-refractivity contribution in [3.63, 3.8) is 0 Å². The van der Waals surface area contributed by atoms with E-state index >= 15 is 0 Å². The van der Waals surface area contributed by atoms with Gasteiger partial charge < -0.3 is 20.3 Å². The molecule has 0 aliphatic heterocycles. The van der Waals surface area contributed by atoms with Crippen LogP contribution in [0.25, 0.3) is 0 Å². The van der Waals surface area contributed by atoms with Gasteiger partial charge in [-0.25, -0.2) is 4.79 Å². The summed E-state index contributed by atoms with van der Waals surface area (Å²) in [6.45, 7) is 0.516. The summed E-state index contributed by atoms with van der Waals surface area (Å²) in [4.78, 5) is 11.9. The molecule has 2 aliphatic carbocycles. The zero-order chi connectivity index (χ0) is 13.2. The number of fused-ring (bicyclic) bond motifs is 2. The summed E-state index contributed by atoms with van der Waals surface area (Å²) in [6, 6.07) is 1.63. The van der Waals surface area contributed by atoms with Gasteiger partial charge in [-0.3, -0.25) is 0 Å². The SMILES string of the molecule is O=C(NCc1ccon1)NC1C2CCC(C2)C1CO. The first-order valence-corrected chi connectivity index (χ1v) is 6.82. The third-order valence-corrected chi connectivity index (χ3v) is 4.52. The van der Waals surface area contributed by atoms with Crippen LogP contribution in [-0.4, -0.2) is 28.9 Å². The second-order valence-corrected chi connectivity index (χ2v) is 5.52. The van der Waals surface area contributed by atoms with Crippen LogP contribution < -0.4 is 10.6 Å². The molecule has 0 saturated heterocycles. The predicted molar refractivity (Wildman–Crippen MR) is 67.1 cm³/mol. The number of nitrogens with one attached hydrogen (secondary N) is 2. The van der Waals surface area contributed by atoms with Crippen molar-refractivity contribution >= 4 is 6.03 Å². The largest absolute Gasteiger partial charge is 0.396 e. The van der Waals surface area contributed by atoms with Gasteiger partial charge >= 0.3 is 6.03 Å². The van der Waals surface area contributed by atoms with Crippen LogP contribution in [0, 0.1) is 17.8 Å². The normalized spacial score (nSPS) is 32.5. The van der Waals surface area contributed by atoms with Gasteiger partial charge in [0.1, 0.15) is 12.0 Å². The van der Waals surface area contributed by atoms with Gasteiger partial charge in [0.05, 0.1) is 6.54 Å². The molecule has 0 spiro atoms. The molecule has 0 radical (unpaired) electrons. The highest BCUT2D eigenvalue weighted by atomic mass is 16.5. The van der Waals surface area contributed by atoms with Crippen LogP contribution >= 0.6 is 0 Å². The van der Waals surface area contributed by atoms with Crippen LogP contribution in [0.2, 0.25) is 0 Å². The summed E-state index contributed by atoms with van der Waals surface area (Å²) in [6.07, 6.45) is 4.97. The van der Waals surface area contributed by atoms with Gasteiger partial charge in [-0.2, -0.15) is 0 Å². The molecule has 104 valence electrons. The quantitative estimate of drug-likeness (QED) is 0.754. The van der Waals surface area contributed by atoms with Crippen LogP contribution in [-0.2, 0) is 6.54 Å². The highest BCUT2D eigenvalue weighted by Gasteiger charge is 2.47. The topological polar surface area (TPSA) is 87.4 Å². The van der Waals surface area contributed by atoms with Crippen molar-refractivity contribution in [2.24, 2.45) is 17.8 Å². The Morgan fingerprint density at radius 1 is 1.47 bits per heavy atom. The van der Waals surface area contributed by atoms with E-state index in [1.807, 2.05) is 0 Å². The fourth-order valence-electron chi connectivity index (χ4n) is 3.60. The first-order valence-electron chi connectivity index (χ1n) is 6.82. The second kappa shape index (κ2) is 5.21. The zero-order valence-electron chi connectivity index (χ0n) is 10.7. The fraction of sp³-hybridized carbons (Fsp3) is 0.692. The Bertz CT molecular complexity index is 434. The first-order chi connectivity index (χ1) is 9.28. The predicted octanol–water partition coefficient (Wildman–Crippen LogP) is 0.881. The molecule has 2 fully saturated rings. The van der Waals surface area contributed by atoms with E-state index < -0.39 is 0 Å². The van der Waals surface area contributed by atoms with Crippen molar-refractivity contribution in [3.8, 4) is 0 Å². The van der Waals surface area contributed by atoms with Crippen LogP contribution in [0.5, 0.6) is 0 Å². The Kier molecular flexibility index (Phi) is 3.42. The minimum absolute atomic E-state index is 0.112. The Morgan fingerprint density at radius 2 is 2.32 bits per heavy atom. The van der Waals surface area contributed by atoms with Crippen molar-refractivity contribution in [1.82, 2.24) is 15.8 Å². The summed E-state index contributed by atoms with van der Waals surface area (Å²) < 4.78 is 4.70. The molecule has 3 N–H and O–H groups in total. The van der Waals surface area contributed by atoms with Crippen LogP contribution in [0.3, 0.4) is 0 Å². The maximum absolute atomic E-state index is 11.9. The number of aliphatic hydroxyl groups excluding tert-OH is 1. The summed E-state index contributed by atoms with van der Waals surface area (Å²) in [5.74, 6) is 1.33. The summed E-state index contributed by atoms with van der Waals surface area (Å²) in [7, 11) is 0. The minimum Gasteiger partial charge on any atom is -0.396 e. The lowest BCUT2D eigenvalue weighted by atomic mass is 9.85. The number of carbonyl (C=O) groups is 1. The fourth-order valence-corrected chi connectivity index (χ4v) is 3.60. The van der Waals surface area contributed by atoms with E-state index in [2.05, 4.69) is 15.8 Å². The second-order valence-electron chi connectivity index (χ2n) is 5.52. The minimum atomic E-state index is -0.195. The maximum Gasteiger partial charge on any atom is 0.315 e. The summed E-state index contributed by atoms with van der Waals surface area (Å²) in [5.41, 5.74) is 0.696. The molecule has 2 saturated carbocycles. The third-order valence-electron chi connectivity index (χ3n) is 4.52. The van der Waals surface area contributed by atoms with Gasteiger partial charge in [-0.1, -0.05) is 5.16 Å². The molecule has 6 nitrogen and oxygen atoms in total. The highest BCUT2D eigenvalue weighted by Crippen LogP contribution is 2.48. The zero-order valence-corrected chi connectivity index (χ0v) is 10.7. The molecule has 1 heterocycles. The van der Waals surface area contributed by atoms with Crippen molar-refractivity contribution in [2.75, 3.05) is 6.61 Å². The Morgan fingerprint density at radius 3 is 3.05 bits per heavy atom. The van der Waals surface area contributed by atoms with E-state index in [1.54, 1.807) is 6.07 Å². The number of carbonyl (C=O) groups excluding carboxylic acids is 1. The molecule has 2 bridgehead atoms. The van der Waals surface area contributed by atoms with E-state index in [9.17, 15) is 9.90 Å². The maximum atomic E-state index is 11.9. The summed E-state index contributed by atoms with van der Waals surface area (Å²) in [5, 5.41) is 19.0. The average Bonchev–Trinajstić information content (AvgIpc) is 3.13. The van der Waals surface area contributed by atoms with Gasteiger partial charge in [0.25, 0.3) is 0 Å². The van der Waals surface area contributed by atoms with Crippen LogP contribution in [0.1, 0.15) is 25.0 Å². The first kappa shape index (κ1) is 12.5. The van der Waals surface area contributed by atoms with E-state index in [1.165, 1.54) is 12.7 Å². The number of amides is 2. The van der Waals surface area contributed by atoms with Crippen molar-refractivity contribution in [1.29, 1.82) is 0 Å². The van der Waals surface area contributed by atoms with Gasteiger partial charge in [-0.15, -0.1) is 0 Å². The van der Waals surface area contributed by atoms with E-state index in [0.29, 0.717) is 24.1 Å². The van der Waals surface area contributed by atoms with Crippen molar-refractivity contribution in [3.05, 3.63) is 18.0 Å². The van der Waals surface area contributed by atoms with E-state index in [-0.39, 0.29) is 24.6 Å². The van der Waals surface area contributed by atoms with Crippen LogP contribution in [0.15, 0.2) is 16.9 Å². The number of hydrogen-bond donors (Lipinski definition) is 3. The number of rotatable bonds is 4. The van der Waals surface area contributed by atoms with Crippen molar-refractivity contribution < 1.29 is 14.4 Å². The molecule has 6 heteroatoms. The molecule has 4 unspecified atom stereocenters. The lowest BCUT2D eigenvalue weighted by Crippen LogP contribution is -2.48. The standard InChI is InChI=1S/C13H19N3O3/c17-7-11-8-1-2-9(5-8)12(11)15-13(18)14-6-10-3-4-19-16-10/h3-4,8-9,11-12,17H,1-2,5-7H2,(H2,14,15,18). The number of urea groups is 1. The van der Waals surface area contributed by atoms with Crippen LogP contribution in [0.4, 0.5) is 4.79 Å². The lowest BCUT2D eigenvalue weighted by molar-refractivity contribution is 0.144. The van der Waals surface area contributed by atoms with Gasteiger partial charge in [0.15, 0.2) is 0 Å². The smallest absolute Gasteiger partial charge is 0.315 e. The van der Waals surface area contributed by atoms with E-state index in [0.717, 1.165) is 12.8 Å². The molecule has 4 atom stereocenters. The number of aliphatic hydroxyl groups is 1. The van der Waals surface area contributed by atoms with E-state index in [4.69, 9.17) is 4.52 Å². The molecular formula is C13H19N3O3. The number of hydrogen-bond acceptors (Lipinski definition) is 4.